The van der Waals surface area contributed by atoms with E-state index in [0.29, 0.717) is 21.4 Å². The number of anilines is 1. The average Bonchev–Trinajstić information content (AvgIpc) is 3.03. The fraction of sp³-hybridized carbons (Fsp3) is 0.125. The lowest BCUT2D eigenvalue weighted by molar-refractivity contribution is -0.113. The lowest BCUT2D eigenvalue weighted by Gasteiger charge is -2.29. The number of hydrogen-bond acceptors (Lipinski definition) is 3. The van der Waals surface area contributed by atoms with Crippen molar-refractivity contribution in [3.63, 3.8) is 0 Å². The van der Waals surface area contributed by atoms with Gasteiger partial charge in [0, 0.05) is 21.3 Å². The van der Waals surface area contributed by atoms with Crippen LogP contribution in [0.3, 0.4) is 0 Å². The number of thiocarbonyl (C=S) groups is 1. The number of rotatable bonds is 3. The van der Waals surface area contributed by atoms with Crippen molar-refractivity contribution >= 4 is 51.9 Å². The number of carbonyl (C=O) groups is 1. The lowest BCUT2D eigenvalue weighted by Crippen LogP contribution is -2.45. The van der Waals surface area contributed by atoms with Crippen LogP contribution < -0.4 is 16.0 Å². The topological polar surface area (TPSA) is 53.2 Å². The number of amides is 1. The average molecular weight is 364 g/mol. The summed E-state index contributed by atoms with van der Waals surface area (Å²) in [6.45, 7) is 1.85. The van der Waals surface area contributed by atoms with E-state index in [2.05, 4.69) is 16.0 Å². The first kappa shape index (κ1) is 16.0. The molecule has 23 heavy (non-hydrogen) atoms. The molecule has 1 aliphatic heterocycles. The van der Waals surface area contributed by atoms with E-state index in [0.717, 1.165) is 10.6 Å². The fourth-order valence-corrected chi connectivity index (χ4v) is 3.58. The minimum atomic E-state index is -0.254. The third-order valence-corrected chi connectivity index (χ3v) is 4.85. The molecule has 1 aliphatic rings. The van der Waals surface area contributed by atoms with Crippen LogP contribution in [0.1, 0.15) is 17.8 Å². The first-order valence-corrected chi connectivity index (χ1v) is 8.60. The van der Waals surface area contributed by atoms with Gasteiger partial charge >= 0.3 is 0 Å². The van der Waals surface area contributed by atoms with E-state index >= 15 is 0 Å². The van der Waals surface area contributed by atoms with Crippen LogP contribution in [0, 0.1) is 0 Å². The van der Waals surface area contributed by atoms with E-state index in [1.54, 1.807) is 35.6 Å². The molecular formula is C16H14ClN3OS2. The Labute approximate surface area is 148 Å². The predicted molar refractivity (Wildman–Crippen MR) is 98.7 cm³/mol. The summed E-state index contributed by atoms with van der Waals surface area (Å²) in [6, 6.07) is 10.7. The minimum Gasteiger partial charge on any atom is -0.350 e. The summed E-state index contributed by atoms with van der Waals surface area (Å²) < 4.78 is 0. The van der Waals surface area contributed by atoms with Crippen molar-refractivity contribution in [3.05, 3.63) is 62.9 Å². The highest BCUT2D eigenvalue weighted by molar-refractivity contribution is 7.80. The van der Waals surface area contributed by atoms with Gasteiger partial charge in [-0.3, -0.25) is 4.79 Å². The normalized spacial score (nSPS) is 17.5. The quantitative estimate of drug-likeness (QED) is 0.725. The summed E-state index contributed by atoms with van der Waals surface area (Å²) in [6.07, 6.45) is 0. The minimum absolute atomic E-state index is 0.175. The second kappa shape index (κ2) is 6.70. The van der Waals surface area contributed by atoms with Crippen LogP contribution in [0.15, 0.2) is 53.0 Å². The second-order valence-corrected chi connectivity index (χ2v) is 6.87. The molecule has 3 N–H and O–H groups in total. The third-order valence-electron chi connectivity index (χ3n) is 3.44. The molecule has 1 aromatic carbocycles. The number of carbonyl (C=O) groups excluding carboxylic acids is 1. The molecule has 118 valence electrons. The standard InChI is InChI=1S/C16H14ClN3OS2/c1-9-13(15(21)19-11-6-4-10(17)5-7-11)14(20-16(22)18-9)12-3-2-8-23-12/h2-8,14H,1H3,(H,19,21)(H2,18,20,22)/t14-/m1/s1. The van der Waals surface area contributed by atoms with Gasteiger partial charge in [0.15, 0.2) is 5.11 Å². The molecule has 0 fully saturated rings. The summed E-state index contributed by atoms with van der Waals surface area (Å²) in [7, 11) is 0. The molecule has 2 heterocycles. The van der Waals surface area contributed by atoms with Gasteiger partial charge < -0.3 is 16.0 Å². The first-order valence-electron chi connectivity index (χ1n) is 6.93. The molecule has 0 saturated carbocycles. The zero-order valence-corrected chi connectivity index (χ0v) is 14.6. The number of hydrogen-bond donors (Lipinski definition) is 3. The van der Waals surface area contributed by atoms with Gasteiger partial charge in [0.1, 0.15) is 0 Å². The maximum Gasteiger partial charge on any atom is 0.255 e. The molecule has 0 spiro atoms. The van der Waals surface area contributed by atoms with Crippen LogP contribution in [0.2, 0.25) is 5.02 Å². The number of halogens is 1. The van der Waals surface area contributed by atoms with E-state index in [4.69, 9.17) is 23.8 Å². The molecule has 0 saturated heterocycles. The fourth-order valence-electron chi connectivity index (χ4n) is 2.40. The van der Waals surface area contributed by atoms with Crippen LogP contribution in [0.25, 0.3) is 0 Å². The monoisotopic (exact) mass is 363 g/mol. The maximum absolute atomic E-state index is 12.8. The highest BCUT2D eigenvalue weighted by Gasteiger charge is 2.30. The van der Waals surface area contributed by atoms with Crippen molar-refractivity contribution in [1.29, 1.82) is 0 Å². The highest BCUT2D eigenvalue weighted by Crippen LogP contribution is 2.30. The van der Waals surface area contributed by atoms with Gasteiger partial charge in [-0.25, -0.2) is 0 Å². The Balaban J connectivity index is 1.90. The Hall–Kier alpha value is -1.89. The molecule has 4 nitrogen and oxygen atoms in total. The van der Waals surface area contributed by atoms with Gasteiger partial charge in [-0.1, -0.05) is 17.7 Å². The molecule has 1 aromatic heterocycles. The van der Waals surface area contributed by atoms with Crippen LogP contribution >= 0.6 is 35.2 Å². The summed E-state index contributed by atoms with van der Waals surface area (Å²) in [4.78, 5) is 13.8. The van der Waals surface area contributed by atoms with Gasteiger partial charge in [-0.15, -0.1) is 11.3 Å². The van der Waals surface area contributed by atoms with Gasteiger partial charge in [-0.05, 0) is 54.9 Å². The van der Waals surface area contributed by atoms with Crippen molar-refractivity contribution in [1.82, 2.24) is 10.6 Å². The van der Waals surface area contributed by atoms with Gasteiger partial charge in [0.2, 0.25) is 0 Å². The van der Waals surface area contributed by atoms with E-state index in [1.165, 1.54) is 0 Å². The largest absolute Gasteiger partial charge is 0.350 e. The first-order chi connectivity index (χ1) is 11.0. The summed E-state index contributed by atoms with van der Waals surface area (Å²) in [5.41, 5.74) is 2.06. The van der Waals surface area contributed by atoms with Gasteiger partial charge in [-0.2, -0.15) is 0 Å². The van der Waals surface area contributed by atoms with E-state index < -0.39 is 0 Å². The van der Waals surface area contributed by atoms with E-state index in [-0.39, 0.29) is 11.9 Å². The summed E-state index contributed by atoms with van der Waals surface area (Å²) >= 11 is 12.7. The molecule has 3 rings (SSSR count). The van der Waals surface area contributed by atoms with E-state index in [1.807, 2.05) is 24.4 Å². The number of nitrogens with one attached hydrogen (secondary N) is 3. The summed E-state index contributed by atoms with van der Waals surface area (Å²) in [5, 5.41) is 12.2. The van der Waals surface area contributed by atoms with Gasteiger partial charge in [0.25, 0.3) is 5.91 Å². The Kier molecular flexibility index (Phi) is 4.66. The molecule has 0 unspecified atom stereocenters. The molecule has 7 heteroatoms. The Bertz CT molecular complexity index is 769. The lowest BCUT2D eigenvalue weighted by atomic mass is 10.0. The van der Waals surface area contributed by atoms with Gasteiger partial charge in [0.05, 0.1) is 11.6 Å². The molecule has 1 atom stereocenters. The van der Waals surface area contributed by atoms with Crippen molar-refractivity contribution < 1.29 is 4.79 Å². The zero-order valence-electron chi connectivity index (χ0n) is 12.2. The van der Waals surface area contributed by atoms with Crippen molar-refractivity contribution in [3.8, 4) is 0 Å². The number of thiophene rings is 1. The SMILES string of the molecule is CC1=C(C(=O)Nc2ccc(Cl)cc2)[C@@H](c2cccs2)NC(=S)N1. The molecule has 0 aliphatic carbocycles. The Morgan fingerprint density at radius 2 is 2.04 bits per heavy atom. The number of allylic oxidation sites excluding steroid dienone is 1. The van der Waals surface area contributed by atoms with E-state index in [9.17, 15) is 4.79 Å². The van der Waals surface area contributed by atoms with Crippen molar-refractivity contribution in [2.75, 3.05) is 5.32 Å². The van der Waals surface area contributed by atoms with Crippen LogP contribution in [0.5, 0.6) is 0 Å². The third kappa shape index (κ3) is 3.55. The van der Waals surface area contributed by atoms with Crippen molar-refractivity contribution in [2.45, 2.75) is 13.0 Å². The smallest absolute Gasteiger partial charge is 0.255 e. The zero-order chi connectivity index (χ0) is 16.4. The van der Waals surface area contributed by atoms with Crippen molar-refractivity contribution in [2.24, 2.45) is 0 Å². The molecule has 0 bridgehead atoms. The second-order valence-electron chi connectivity index (χ2n) is 5.05. The highest BCUT2D eigenvalue weighted by atomic mass is 35.5. The molecular weight excluding hydrogens is 350 g/mol. The van der Waals surface area contributed by atoms with Crippen LogP contribution in [-0.4, -0.2) is 11.0 Å². The number of benzene rings is 1. The predicted octanol–water partition coefficient (Wildman–Crippen LogP) is 3.83. The molecule has 0 radical (unpaired) electrons. The Morgan fingerprint density at radius 3 is 2.70 bits per heavy atom. The molecule has 1 amide bonds. The summed E-state index contributed by atoms with van der Waals surface area (Å²) in [5.74, 6) is -0.175. The maximum atomic E-state index is 12.8. The molecule has 2 aromatic rings. The van der Waals surface area contributed by atoms with Crippen LogP contribution in [0.4, 0.5) is 5.69 Å². The van der Waals surface area contributed by atoms with Crippen LogP contribution in [-0.2, 0) is 4.79 Å². The Morgan fingerprint density at radius 1 is 1.30 bits per heavy atom.